The van der Waals surface area contributed by atoms with Crippen molar-refractivity contribution >= 4 is 21.6 Å². The SMILES string of the molecule is CCCOc1cccc(NC(=O)C2CCC(NS(=O)(=O)C(C)CC)CC2)c1. The van der Waals surface area contributed by atoms with E-state index in [-0.39, 0.29) is 23.1 Å². The number of benzene rings is 1. The molecule has 1 aromatic carbocycles. The van der Waals surface area contributed by atoms with Gasteiger partial charge in [-0.25, -0.2) is 13.1 Å². The molecule has 6 nitrogen and oxygen atoms in total. The Bertz CT molecular complexity index is 712. The summed E-state index contributed by atoms with van der Waals surface area (Å²) in [6.45, 7) is 6.28. The monoisotopic (exact) mass is 396 g/mol. The standard InChI is InChI=1S/C20H32N2O4S/c1-4-13-26-19-8-6-7-18(14-19)21-20(23)16-9-11-17(12-10-16)22-27(24,25)15(3)5-2/h6-8,14-17,22H,4-5,9-13H2,1-3H3,(H,21,23). The Morgan fingerprint density at radius 3 is 2.56 bits per heavy atom. The van der Waals surface area contributed by atoms with Crippen molar-refractivity contribution in [3.8, 4) is 5.75 Å². The predicted molar refractivity (Wildman–Crippen MR) is 108 cm³/mol. The molecule has 0 heterocycles. The van der Waals surface area contributed by atoms with E-state index < -0.39 is 10.0 Å². The van der Waals surface area contributed by atoms with Gasteiger partial charge in [-0.15, -0.1) is 0 Å². The lowest BCUT2D eigenvalue weighted by Gasteiger charge is -2.29. The average Bonchev–Trinajstić information content (AvgIpc) is 2.66. The molecular formula is C20H32N2O4S. The molecule has 0 radical (unpaired) electrons. The highest BCUT2D eigenvalue weighted by Crippen LogP contribution is 2.27. The smallest absolute Gasteiger partial charge is 0.227 e. The first-order chi connectivity index (χ1) is 12.9. The van der Waals surface area contributed by atoms with Crippen LogP contribution in [0, 0.1) is 5.92 Å². The van der Waals surface area contributed by atoms with E-state index in [0.29, 0.717) is 38.7 Å². The highest BCUT2D eigenvalue weighted by molar-refractivity contribution is 7.90. The van der Waals surface area contributed by atoms with Gasteiger partial charge in [-0.3, -0.25) is 4.79 Å². The topological polar surface area (TPSA) is 84.5 Å². The van der Waals surface area contributed by atoms with E-state index in [1.54, 1.807) is 6.92 Å². The Morgan fingerprint density at radius 1 is 1.22 bits per heavy atom. The second-order valence-corrected chi connectivity index (χ2v) is 9.43. The summed E-state index contributed by atoms with van der Waals surface area (Å²) in [6, 6.07) is 7.35. The molecule has 0 saturated heterocycles. The molecule has 0 spiro atoms. The number of sulfonamides is 1. The lowest BCUT2D eigenvalue weighted by Crippen LogP contribution is -2.42. The van der Waals surface area contributed by atoms with Crippen molar-refractivity contribution in [2.24, 2.45) is 5.92 Å². The maximum Gasteiger partial charge on any atom is 0.227 e. The lowest BCUT2D eigenvalue weighted by molar-refractivity contribution is -0.120. The van der Waals surface area contributed by atoms with E-state index in [1.165, 1.54) is 0 Å². The fraction of sp³-hybridized carbons (Fsp3) is 0.650. The molecule has 1 aliphatic rings. The van der Waals surface area contributed by atoms with Gasteiger partial charge in [-0.2, -0.15) is 0 Å². The van der Waals surface area contributed by atoms with Gasteiger partial charge in [0, 0.05) is 23.7 Å². The Morgan fingerprint density at radius 2 is 1.93 bits per heavy atom. The maximum atomic E-state index is 12.5. The third-order valence-electron chi connectivity index (χ3n) is 5.11. The van der Waals surface area contributed by atoms with Gasteiger partial charge < -0.3 is 10.1 Å². The molecule has 0 aliphatic heterocycles. The van der Waals surface area contributed by atoms with Crippen LogP contribution in [0.15, 0.2) is 24.3 Å². The summed E-state index contributed by atoms with van der Waals surface area (Å²) in [7, 11) is -3.27. The molecule has 1 aliphatic carbocycles. The minimum absolute atomic E-state index is 0.00845. The van der Waals surface area contributed by atoms with E-state index in [2.05, 4.69) is 10.0 Å². The lowest BCUT2D eigenvalue weighted by atomic mass is 9.86. The second kappa shape index (κ2) is 10.1. The van der Waals surface area contributed by atoms with Gasteiger partial charge in [0.15, 0.2) is 0 Å². The number of amides is 1. The maximum absolute atomic E-state index is 12.5. The molecule has 0 bridgehead atoms. The zero-order valence-corrected chi connectivity index (χ0v) is 17.3. The number of ether oxygens (including phenoxy) is 1. The van der Waals surface area contributed by atoms with Crippen molar-refractivity contribution in [1.82, 2.24) is 4.72 Å². The highest BCUT2D eigenvalue weighted by Gasteiger charge is 2.30. The summed E-state index contributed by atoms with van der Waals surface area (Å²) in [5.41, 5.74) is 0.730. The van der Waals surface area contributed by atoms with Crippen molar-refractivity contribution in [3.63, 3.8) is 0 Å². The molecule has 0 aromatic heterocycles. The van der Waals surface area contributed by atoms with Crippen LogP contribution < -0.4 is 14.8 Å². The van der Waals surface area contributed by atoms with Gasteiger partial charge >= 0.3 is 0 Å². The van der Waals surface area contributed by atoms with Crippen molar-refractivity contribution < 1.29 is 17.9 Å². The van der Waals surface area contributed by atoms with E-state index in [1.807, 2.05) is 38.1 Å². The summed E-state index contributed by atoms with van der Waals surface area (Å²) in [5.74, 6) is 0.651. The van der Waals surface area contributed by atoms with Crippen LogP contribution in [-0.4, -0.2) is 32.2 Å². The molecule has 2 N–H and O–H groups in total. The van der Waals surface area contributed by atoms with Crippen LogP contribution >= 0.6 is 0 Å². The average molecular weight is 397 g/mol. The molecule has 1 saturated carbocycles. The number of carbonyl (C=O) groups excluding carboxylic acids is 1. The number of anilines is 1. The van der Waals surface area contributed by atoms with Gasteiger partial charge in [0.05, 0.1) is 11.9 Å². The molecule has 2 rings (SSSR count). The normalized spacial score (nSPS) is 21.4. The number of carbonyl (C=O) groups is 1. The summed E-state index contributed by atoms with van der Waals surface area (Å²) in [5, 5.41) is 2.57. The van der Waals surface area contributed by atoms with Crippen LogP contribution in [0.25, 0.3) is 0 Å². The Kier molecular flexibility index (Phi) is 8.10. The quantitative estimate of drug-likeness (QED) is 0.667. The second-order valence-electron chi connectivity index (χ2n) is 7.30. The van der Waals surface area contributed by atoms with Gasteiger partial charge in [0.2, 0.25) is 15.9 Å². The molecule has 1 unspecified atom stereocenters. The summed E-state index contributed by atoms with van der Waals surface area (Å²) >= 11 is 0. The fourth-order valence-electron chi connectivity index (χ4n) is 3.17. The van der Waals surface area contributed by atoms with Crippen molar-refractivity contribution in [2.75, 3.05) is 11.9 Å². The zero-order valence-electron chi connectivity index (χ0n) is 16.5. The summed E-state index contributed by atoms with van der Waals surface area (Å²) in [6.07, 6.45) is 4.27. The molecule has 27 heavy (non-hydrogen) atoms. The van der Waals surface area contributed by atoms with Crippen LogP contribution in [0.1, 0.15) is 59.3 Å². The van der Waals surface area contributed by atoms with E-state index in [9.17, 15) is 13.2 Å². The minimum atomic E-state index is -3.27. The Hall–Kier alpha value is -1.60. The largest absolute Gasteiger partial charge is 0.494 e. The molecule has 152 valence electrons. The minimum Gasteiger partial charge on any atom is -0.494 e. The number of hydrogen-bond acceptors (Lipinski definition) is 4. The van der Waals surface area contributed by atoms with Gasteiger partial charge in [-0.1, -0.05) is 19.9 Å². The third kappa shape index (κ3) is 6.50. The van der Waals surface area contributed by atoms with Crippen molar-refractivity contribution in [1.29, 1.82) is 0 Å². The zero-order chi connectivity index (χ0) is 19.9. The molecule has 1 aromatic rings. The number of rotatable bonds is 9. The van der Waals surface area contributed by atoms with E-state index >= 15 is 0 Å². The Labute approximate surface area is 163 Å². The summed E-state index contributed by atoms with van der Waals surface area (Å²) in [4.78, 5) is 12.5. The van der Waals surface area contributed by atoms with E-state index in [0.717, 1.165) is 17.9 Å². The fourth-order valence-corrected chi connectivity index (χ4v) is 4.54. The van der Waals surface area contributed by atoms with Crippen molar-refractivity contribution in [3.05, 3.63) is 24.3 Å². The number of hydrogen-bond donors (Lipinski definition) is 2. The summed E-state index contributed by atoms with van der Waals surface area (Å²) < 4.78 is 32.8. The molecule has 7 heteroatoms. The molecule has 1 fully saturated rings. The van der Waals surface area contributed by atoms with Gasteiger partial charge in [0.1, 0.15) is 5.75 Å². The highest BCUT2D eigenvalue weighted by atomic mass is 32.2. The van der Waals surface area contributed by atoms with Crippen LogP contribution in [-0.2, 0) is 14.8 Å². The molecule has 1 atom stereocenters. The molecule has 1 amide bonds. The van der Waals surface area contributed by atoms with Crippen LogP contribution in [0.5, 0.6) is 5.75 Å². The number of nitrogens with one attached hydrogen (secondary N) is 2. The van der Waals surface area contributed by atoms with Crippen LogP contribution in [0.2, 0.25) is 0 Å². The van der Waals surface area contributed by atoms with Crippen molar-refractivity contribution in [2.45, 2.75) is 70.6 Å². The van der Waals surface area contributed by atoms with E-state index in [4.69, 9.17) is 4.74 Å². The Balaban J connectivity index is 1.84. The molecular weight excluding hydrogens is 364 g/mol. The predicted octanol–water partition coefficient (Wildman–Crippen LogP) is 3.69. The third-order valence-corrected chi connectivity index (χ3v) is 7.16. The van der Waals surface area contributed by atoms with Gasteiger partial charge in [-0.05, 0) is 57.6 Å². The first-order valence-electron chi connectivity index (χ1n) is 9.90. The first kappa shape index (κ1) is 21.7. The van der Waals surface area contributed by atoms with Crippen LogP contribution in [0.4, 0.5) is 5.69 Å². The van der Waals surface area contributed by atoms with Crippen LogP contribution in [0.3, 0.4) is 0 Å². The van der Waals surface area contributed by atoms with Gasteiger partial charge in [0.25, 0.3) is 0 Å². The first-order valence-corrected chi connectivity index (χ1v) is 11.4.